The summed E-state index contributed by atoms with van der Waals surface area (Å²) in [5.74, 6) is -6.25. The first-order valence-electron chi connectivity index (χ1n) is 15.6. The molecule has 0 saturated carbocycles. The van der Waals surface area contributed by atoms with Crippen molar-refractivity contribution in [1.82, 2.24) is 9.55 Å². The second-order valence-corrected chi connectivity index (χ2v) is 11.3. The van der Waals surface area contributed by atoms with E-state index in [4.69, 9.17) is 52.1 Å². The number of nitrogens with zero attached hydrogens (tertiary/aromatic N) is 2. The minimum Gasteiger partial charge on any atom is -0.481 e. The van der Waals surface area contributed by atoms with E-state index >= 15 is 0 Å². The molecule has 0 spiro atoms. The summed E-state index contributed by atoms with van der Waals surface area (Å²) in [6.45, 7) is 6.03. The molecule has 1 aromatic rings. The van der Waals surface area contributed by atoms with Crippen molar-refractivity contribution in [3.05, 3.63) is 22.7 Å². The molecule has 0 radical (unpaired) electrons. The fourth-order valence-electron chi connectivity index (χ4n) is 5.42. The number of rotatable bonds is 13. The van der Waals surface area contributed by atoms with Gasteiger partial charge in [-0.3, -0.25) is 38.1 Å². The molecule has 3 heterocycles. The molecule has 0 N–H and O–H groups in total. The van der Waals surface area contributed by atoms with Crippen LogP contribution in [0.3, 0.4) is 0 Å². The molecule has 0 aromatic carbocycles. The van der Waals surface area contributed by atoms with Crippen LogP contribution >= 0.6 is 0 Å². The first-order chi connectivity index (χ1) is 24.4. The predicted molar refractivity (Wildman–Crippen MR) is 164 cm³/mol. The van der Waals surface area contributed by atoms with Crippen molar-refractivity contribution >= 4 is 41.8 Å². The minimum atomic E-state index is -1.85. The van der Waals surface area contributed by atoms with Crippen LogP contribution in [-0.4, -0.2) is 127 Å². The molecule has 0 amide bonds. The third-order valence-corrected chi connectivity index (χ3v) is 7.19. The molecular formula is C31H40N2O19. The fourth-order valence-corrected chi connectivity index (χ4v) is 5.42. The second-order valence-electron chi connectivity index (χ2n) is 11.3. The number of aromatic nitrogens is 2. The lowest BCUT2D eigenvalue weighted by Gasteiger charge is -2.48. The van der Waals surface area contributed by atoms with Crippen LogP contribution in [0.15, 0.2) is 17.1 Å². The second kappa shape index (κ2) is 18.4. The molecule has 288 valence electrons. The maximum atomic E-state index is 13.1. The molecule has 2 aliphatic rings. The van der Waals surface area contributed by atoms with E-state index in [1.807, 2.05) is 0 Å². The normalized spacial score (nSPS) is 28.3. The van der Waals surface area contributed by atoms with Gasteiger partial charge in [-0.1, -0.05) is 0 Å². The number of hydrogen-bond donors (Lipinski definition) is 0. The zero-order valence-electron chi connectivity index (χ0n) is 29.5. The Hall–Kier alpha value is -5.15. The van der Waals surface area contributed by atoms with Crippen LogP contribution in [0.2, 0.25) is 0 Å². The standard InChI is InChI=1S/C31H40N2O19/c1-13(34)43-11-20-24(25(46-16(4)37)27(48-18(6)39)29(50-20)33-10-9-22(42-8)32-31(33)41)52-30-28(49-19(7)40)26(47-17(5)38)23(45-15(3)36)21(51-30)12-44-14(2)35/h9-10,20-21,23-30H,11-12H2,1-8H3/t20-,21-,23+,24-,25+,26+,27-,28-,29-,30+/m1/s1. The van der Waals surface area contributed by atoms with Gasteiger partial charge in [-0.15, -0.1) is 0 Å². The summed E-state index contributed by atoms with van der Waals surface area (Å²) < 4.78 is 62.1. The van der Waals surface area contributed by atoms with E-state index in [0.29, 0.717) is 0 Å². The van der Waals surface area contributed by atoms with Gasteiger partial charge in [0.1, 0.15) is 31.5 Å². The Labute approximate surface area is 295 Å². The monoisotopic (exact) mass is 744 g/mol. The number of methoxy groups -OCH3 is 1. The summed E-state index contributed by atoms with van der Waals surface area (Å²) in [4.78, 5) is 103. The van der Waals surface area contributed by atoms with Crippen molar-refractivity contribution in [3.8, 4) is 5.88 Å². The van der Waals surface area contributed by atoms with Crippen molar-refractivity contribution in [2.24, 2.45) is 0 Å². The molecule has 2 aliphatic heterocycles. The van der Waals surface area contributed by atoms with Gasteiger partial charge in [-0.05, 0) is 0 Å². The number of carbonyl (C=O) groups is 7. The first-order valence-corrected chi connectivity index (χ1v) is 15.6. The smallest absolute Gasteiger partial charge is 0.353 e. The largest absolute Gasteiger partial charge is 0.481 e. The van der Waals surface area contributed by atoms with Crippen molar-refractivity contribution in [2.75, 3.05) is 20.3 Å². The van der Waals surface area contributed by atoms with E-state index in [0.717, 1.165) is 53.0 Å². The van der Waals surface area contributed by atoms with Crippen LogP contribution in [0, 0.1) is 0 Å². The summed E-state index contributed by atoms with van der Waals surface area (Å²) in [5.41, 5.74) is -0.951. The molecule has 10 atom stereocenters. The van der Waals surface area contributed by atoms with Crippen molar-refractivity contribution in [2.45, 2.75) is 110 Å². The number of ether oxygens (including phenoxy) is 11. The number of carbonyl (C=O) groups excluding carboxylic acids is 7. The van der Waals surface area contributed by atoms with Crippen LogP contribution in [0.5, 0.6) is 5.88 Å². The molecule has 0 unspecified atom stereocenters. The average molecular weight is 745 g/mol. The highest BCUT2D eigenvalue weighted by Gasteiger charge is 2.57. The van der Waals surface area contributed by atoms with Gasteiger partial charge >= 0.3 is 47.5 Å². The van der Waals surface area contributed by atoms with Crippen LogP contribution in [-0.2, 0) is 80.9 Å². The Morgan fingerprint density at radius 2 is 1.06 bits per heavy atom. The fraction of sp³-hybridized carbons (Fsp3) is 0.645. The van der Waals surface area contributed by atoms with E-state index in [9.17, 15) is 38.4 Å². The van der Waals surface area contributed by atoms with Gasteiger partial charge in [0.2, 0.25) is 5.88 Å². The van der Waals surface area contributed by atoms with Gasteiger partial charge < -0.3 is 52.1 Å². The van der Waals surface area contributed by atoms with Gasteiger partial charge in [0, 0.05) is 60.7 Å². The van der Waals surface area contributed by atoms with Crippen LogP contribution in [0.4, 0.5) is 0 Å². The molecular weight excluding hydrogens is 704 g/mol. The zero-order chi connectivity index (χ0) is 38.9. The van der Waals surface area contributed by atoms with E-state index in [1.165, 1.54) is 19.4 Å². The average Bonchev–Trinajstić information content (AvgIpc) is 3.02. The molecule has 0 aliphatic carbocycles. The van der Waals surface area contributed by atoms with E-state index < -0.39 is 122 Å². The lowest BCUT2D eigenvalue weighted by Crippen LogP contribution is -2.66. The molecule has 2 saturated heterocycles. The van der Waals surface area contributed by atoms with Gasteiger partial charge in [0.25, 0.3) is 0 Å². The maximum Gasteiger partial charge on any atom is 0.353 e. The lowest BCUT2D eigenvalue weighted by molar-refractivity contribution is -0.349. The first kappa shape index (κ1) is 41.3. The lowest BCUT2D eigenvalue weighted by atomic mass is 9.95. The molecule has 1 aromatic heterocycles. The van der Waals surface area contributed by atoms with E-state index in [-0.39, 0.29) is 5.88 Å². The summed E-state index contributed by atoms with van der Waals surface area (Å²) in [6.07, 6.45) is -15.2. The Kier molecular flexibility index (Phi) is 14.6. The molecule has 21 nitrogen and oxygen atoms in total. The molecule has 2 fully saturated rings. The van der Waals surface area contributed by atoms with Crippen LogP contribution in [0.25, 0.3) is 0 Å². The van der Waals surface area contributed by atoms with Gasteiger partial charge in [0.15, 0.2) is 43.0 Å². The highest BCUT2D eigenvalue weighted by molar-refractivity contribution is 5.69. The molecule has 21 heteroatoms. The summed E-state index contributed by atoms with van der Waals surface area (Å²) in [5, 5.41) is 0. The van der Waals surface area contributed by atoms with E-state index in [1.54, 1.807) is 0 Å². The van der Waals surface area contributed by atoms with Crippen molar-refractivity contribution in [3.63, 3.8) is 0 Å². The Balaban J connectivity index is 2.23. The van der Waals surface area contributed by atoms with Crippen LogP contribution in [0.1, 0.15) is 54.7 Å². The Bertz CT molecular complexity index is 1560. The van der Waals surface area contributed by atoms with Gasteiger partial charge in [-0.2, -0.15) is 4.98 Å². The van der Waals surface area contributed by atoms with Gasteiger partial charge in [-0.25, -0.2) is 4.79 Å². The van der Waals surface area contributed by atoms with Crippen molar-refractivity contribution in [1.29, 1.82) is 0 Å². The number of esters is 7. The molecule has 52 heavy (non-hydrogen) atoms. The molecule has 0 bridgehead atoms. The molecule has 3 rings (SSSR count). The Morgan fingerprint density at radius 3 is 1.52 bits per heavy atom. The summed E-state index contributed by atoms with van der Waals surface area (Å²) in [7, 11) is 1.27. The maximum absolute atomic E-state index is 13.1. The number of hydrogen-bond acceptors (Lipinski definition) is 20. The predicted octanol–water partition coefficient (Wildman–Crippen LogP) is -0.956. The highest BCUT2D eigenvalue weighted by Crippen LogP contribution is 2.37. The summed E-state index contributed by atoms with van der Waals surface area (Å²) >= 11 is 0. The quantitative estimate of drug-likeness (QED) is 0.174. The summed E-state index contributed by atoms with van der Waals surface area (Å²) in [6, 6.07) is 1.29. The van der Waals surface area contributed by atoms with Crippen LogP contribution < -0.4 is 10.4 Å². The Morgan fingerprint density at radius 1 is 0.615 bits per heavy atom. The van der Waals surface area contributed by atoms with Gasteiger partial charge in [0.05, 0.1) is 7.11 Å². The minimum absolute atomic E-state index is 0.0704. The van der Waals surface area contributed by atoms with E-state index in [2.05, 4.69) is 4.98 Å². The highest BCUT2D eigenvalue weighted by atomic mass is 16.8. The zero-order valence-corrected chi connectivity index (χ0v) is 29.5. The third kappa shape index (κ3) is 11.2. The van der Waals surface area contributed by atoms with Crippen molar-refractivity contribution < 1.29 is 85.7 Å². The topological polar surface area (TPSA) is 256 Å². The SMILES string of the molecule is COc1ccn([C@@H]2O[C@H](COC(C)=O)[C@@H](O[C@@H]3O[C@H](COC(C)=O)[C@H](OC(C)=O)[C@H](OC(C)=O)[C@H]3OC(C)=O)[C@H](OC(C)=O)[C@H]2OC(C)=O)c(=O)n1. The third-order valence-electron chi connectivity index (χ3n) is 7.19.